The Morgan fingerprint density at radius 1 is 1.75 bits per heavy atom. The summed E-state index contributed by atoms with van der Waals surface area (Å²) in [6, 6.07) is -0.144. The van der Waals surface area contributed by atoms with Crippen LogP contribution in [-0.4, -0.2) is 32.6 Å². The van der Waals surface area contributed by atoms with E-state index in [-0.39, 0.29) is 29.4 Å². The summed E-state index contributed by atoms with van der Waals surface area (Å²) in [5, 5.41) is 22.1. The van der Waals surface area contributed by atoms with E-state index in [1.807, 2.05) is 0 Å². The van der Waals surface area contributed by atoms with Crippen molar-refractivity contribution in [3.8, 4) is 0 Å². The minimum atomic E-state index is -0.593. The van der Waals surface area contributed by atoms with Crippen LogP contribution in [-0.2, 0) is 0 Å². The first kappa shape index (κ1) is 12.6. The molecule has 16 heavy (non-hydrogen) atoms. The summed E-state index contributed by atoms with van der Waals surface area (Å²) in [5.41, 5.74) is -0.241. The number of anilines is 1. The maximum Gasteiger partial charge on any atom is 0.329 e. The van der Waals surface area contributed by atoms with Crippen LogP contribution in [0, 0.1) is 10.1 Å². The van der Waals surface area contributed by atoms with Gasteiger partial charge in [-0.1, -0.05) is 0 Å². The highest BCUT2D eigenvalue weighted by molar-refractivity contribution is 6.28. The standard InChI is InChI=1S/C8H11ClN4O3/c1-5(2-3-14)11-7-6(13(15)16)4-10-8(9)12-7/h4-5,14H,2-3H2,1H3,(H,10,11,12). The average molecular weight is 247 g/mol. The van der Waals surface area contributed by atoms with Crippen LogP contribution in [0.2, 0.25) is 5.28 Å². The van der Waals surface area contributed by atoms with Crippen LogP contribution in [0.15, 0.2) is 6.20 Å². The van der Waals surface area contributed by atoms with Crippen molar-refractivity contribution in [3.05, 3.63) is 21.6 Å². The number of hydrogen-bond acceptors (Lipinski definition) is 6. The molecule has 0 aromatic carbocycles. The molecule has 1 atom stereocenters. The van der Waals surface area contributed by atoms with Gasteiger partial charge in [0, 0.05) is 12.6 Å². The summed E-state index contributed by atoms with van der Waals surface area (Å²) >= 11 is 5.55. The lowest BCUT2D eigenvalue weighted by molar-refractivity contribution is -0.384. The Hall–Kier alpha value is -1.47. The highest BCUT2D eigenvalue weighted by Gasteiger charge is 2.18. The number of nitrogens with zero attached hydrogens (tertiary/aromatic N) is 3. The number of rotatable bonds is 5. The lowest BCUT2D eigenvalue weighted by Gasteiger charge is -2.12. The van der Waals surface area contributed by atoms with Gasteiger partial charge in [0.25, 0.3) is 0 Å². The van der Waals surface area contributed by atoms with Gasteiger partial charge in [-0.2, -0.15) is 4.98 Å². The first-order chi connectivity index (χ1) is 7.54. The molecule has 0 radical (unpaired) electrons. The van der Waals surface area contributed by atoms with Crippen LogP contribution in [0.3, 0.4) is 0 Å². The van der Waals surface area contributed by atoms with Crippen molar-refractivity contribution < 1.29 is 10.0 Å². The molecule has 0 amide bonds. The molecule has 0 spiro atoms. The maximum atomic E-state index is 10.7. The van der Waals surface area contributed by atoms with Gasteiger partial charge in [-0.15, -0.1) is 0 Å². The fourth-order valence-corrected chi connectivity index (χ4v) is 1.23. The number of aliphatic hydroxyl groups excluding tert-OH is 1. The zero-order valence-corrected chi connectivity index (χ0v) is 9.31. The molecule has 0 aliphatic rings. The van der Waals surface area contributed by atoms with Crippen molar-refractivity contribution in [2.24, 2.45) is 0 Å². The molecule has 0 aliphatic carbocycles. The molecule has 0 aliphatic heterocycles. The van der Waals surface area contributed by atoms with E-state index in [4.69, 9.17) is 16.7 Å². The number of aromatic nitrogens is 2. The van der Waals surface area contributed by atoms with Crippen molar-refractivity contribution in [2.75, 3.05) is 11.9 Å². The molecule has 0 fully saturated rings. The zero-order valence-electron chi connectivity index (χ0n) is 8.55. The highest BCUT2D eigenvalue weighted by Crippen LogP contribution is 2.22. The summed E-state index contributed by atoms with van der Waals surface area (Å²) in [4.78, 5) is 17.3. The van der Waals surface area contributed by atoms with Gasteiger partial charge in [0.05, 0.1) is 4.92 Å². The Kier molecular flexibility index (Phi) is 4.39. The van der Waals surface area contributed by atoms with Crippen LogP contribution in [0.25, 0.3) is 0 Å². The smallest absolute Gasteiger partial charge is 0.329 e. The number of hydrogen-bond donors (Lipinski definition) is 2. The number of aliphatic hydroxyl groups is 1. The molecule has 0 saturated carbocycles. The second-order valence-corrected chi connectivity index (χ2v) is 3.53. The predicted octanol–water partition coefficient (Wildman–Crippen LogP) is 1.22. The Balaban J connectivity index is 2.92. The van der Waals surface area contributed by atoms with Crippen LogP contribution in [0.4, 0.5) is 11.5 Å². The van der Waals surface area contributed by atoms with E-state index < -0.39 is 4.92 Å². The number of nitro groups is 1. The first-order valence-corrected chi connectivity index (χ1v) is 4.96. The van der Waals surface area contributed by atoms with Gasteiger partial charge >= 0.3 is 5.69 Å². The molecular weight excluding hydrogens is 236 g/mol. The summed E-state index contributed by atoms with van der Waals surface area (Å²) in [7, 11) is 0. The van der Waals surface area contributed by atoms with Gasteiger partial charge in [-0.05, 0) is 24.9 Å². The van der Waals surface area contributed by atoms with Crippen LogP contribution < -0.4 is 5.32 Å². The van der Waals surface area contributed by atoms with E-state index in [1.165, 1.54) is 0 Å². The second-order valence-electron chi connectivity index (χ2n) is 3.19. The van der Waals surface area contributed by atoms with E-state index in [9.17, 15) is 10.1 Å². The van der Waals surface area contributed by atoms with Crippen molar-refractivity contribution >= 4 is 23.1 Å². The maximum absolute atomic E-state index is 10.7. The first-order valence-electron chi connectivity index (χ1n) is 4.59. The lowest BCUT2D eigenvalue weighted by Crippen LogP contribution is -2.18. The van der Waals surface area contributed by atoms with E-state index in [0.29, 0.717) is 6.42 Å². The van der Waals surface area contributed by atoms with Gasteiger partial charge in [0.1, 0.15) is 6.20 Å². The molecule has 8 heteroatoms. The molecule has 2 N–H and O–H groups in total. The molecular formula is C8H11ClN4O3. The van der Waals surface area contributed by atoms with Crippen LogP contribution >= 0.6 is 11.6 Å². The molecule has 1 aromatic heterocycles. The van der Waals surface area contributed by atoms with E-state index in [1.54, 1.807) is 6.92 Å². The molecule has 1 aromatic rings. The van der Waals surface area contributed by atoms with E-state index in [2.05, 4.69) is 15.3 Å². The summed E-state index contributed by atoms with van der Waals surface area (Å²) in [6.07, 6.45) is 1.50. The Bertz CT molecular complexity index is 388. The van der Waals surface area contributed by atoms with Crippen molar-refractivity contribution in [3.63, 3.8) is 0 Å². The fraction of sp³-hybridized carbons (Fsp3) is 0.500. The van der Waals surface area contributed by atoms with Crippen molar-refractivity contribution in [1.29, 1.82) is 0 Å². The third-order valence-electron chi connectivity index (χ3n) is 1.88. The fourth-order valence-electron chi connectivity index (χ4n) is 1.09. The monoisotopic (exact) mass is 246 g/mol. The van der Waals surface area contributed by atoms with Gasteiger partial charge in [0.15, 0.2) is 0 Å². The summed E-state index contributed by atoms with van der Waals surface area (Å²) in [6.45, 7) is 1.76. The Morgan fingerprint density at radius 2 is 2.44 bits per heavy atom. The number of halogens is 1. The topological polar surface area (TPSA) is 101 Å². The normalized spacial score (nSPS) is 12.2. The minimum Gasteiger partial charge on any atom is -0.396 e. The molecule has 1 heterocycles. The molecule has 1 rings (SSSR count). The quantitative estimate of drug-likeness (QED) is 0.460. The SMILES string of the molecule is CC(CCO)Nc1nc(Cl)ncc1[N+](=O)[O-]. The van der Waals surface area contributed by atoms with Gasteiger partial charge in [0.2, 0.25) is 11.1 Å². The largest absolute Gasteiger partial charge is 0.396 e. The zero-order chi connectivity index (χ0) is 12.1. The Labute approximate surface area is 96.6 Å². The van der Waals surface area contributed by atoms with Crippen molar-refractivity contribution in [1.82, 2.24) is 9.97 Å². The van der Waals surface area contributed by atoms with Gasteiger partial charge < -0.3 is 10.4 Å². The molecule has 7 nitrogen and oxygen atoms in total. The summed E-state index contributed by atoms with van der Waals surface area (Å²) < 4.78 is 0. The van der Waals surface area contributed by atoms with Gasteiger partial charge in [-0.3, -0.25) is 10.1 Å². The molecule has 0 saturated heterocycles. The van der Waals surface area contributed by atoms with Crippen molar-refractivity contribution in [2.45, 2.75) is 19.4 Å². The summed E-state index contributed by atoms with van der Waals surface area (Å²) in [5.74, 6) is 0.0611. The highest BCUT2D eigenvalue weighted by atomic mass is 35.5. The van der Waals surface area contributed by atoms with E-state index in [0.717, 1.165) is 6.20 Å². The lowest BCUT2D eigenvalue weighted by atomic mass is 10.2. The van der Waals surface area contributed by atoms with Crippen LogP contribution in [0.5, 0.6) is 0 Å². The predicted molar refractivity (Wildman–Crippen MR) is 58.5 cm³/mol. The number of nitrogens with one attached hydrogen (secondary N) is 1. The van der Waals surface area contributed by atoms with Gasteiger partial charge in [-0.25, -0.2) is 4.98 Å². The molecule has 1 unspecified atom stereocenters. The molecule has 0 bridgehead atoms. The third kappa shape index (κ3) is 3.28. The second kappa shape index (κ2) is 5.57. The third-order valence-corrected chi connectivity index (χ3v) is 2.06. The van der Waals surface area contributed by atoms with Crippen LogP contribution in [0.1, 0.15) is 13.3 Å². The van der Waals surface area contributed by atoms with E-state index >= 15 is 0 Å². The minimum absolute atomic E-state index is 0.0131. The average Bonchev–Trinajstić information content (AvgIpc) is 2.17. The Morgan fingerprint density at radius 3 is 3.00 bits per heavy atom. The molecule has 88 valence electrons.